The van der Waals surface area contributed by atoms with E-state index in [0.717, 1.165) is 11.1 Å². The van der Waals surface area contributed by atoms with Gasteiger partial charge in [-0.25, -0.2) is 0 Å². The lowest BCUT2D eigenvalue weighted by atomic mass is 10.1. The van der Waals surface area contributed by atoms with Crippen LogP contribution in [0.5, 0.6) is 11.5 Å². The zero-order valence-electron chi connectivity index (χ0n) is 15.5. The Morgan fingerprint density at radius 2 is 1.85 bits per heavy atom. The Bertz CT molecular complexity index is 828. The molecule has 6 nitrogen and oxygen atoms in total. The molecule has 136 valence electrons. The number of para-hydroxylation sites is 1. The van der Waals surface area contributed by atoms with E-state index >= 15 is 0 Å². The molecule has 0 unspecified atom stereocenters. The molecule has 2 aromatic rings. The number of benzene rings is 2. The lowest BCUT2D eigenvalue weighted by molar-refractivity contribution is -0.117. The Morgan fingerprint density at radius 1 is 1.19 bits per heavy atom. The van der Waals surface area contributed by atoms with Crippen molar-refractivity contribution in [3.8, 4) is 17.6 Å². The average molecular weight is 353 g/mol. The monoisotopic (exact) mass is 353 g/mol. The number of hydrogen-bond acceptors (Lipinski definition) is 5. The first-order valence-corrected chi connectivity index (χ1v) is 8.17. The van der Waals surface area contributed by atoms with Gasteiger partial charge in [0.2, 0.25) is 5.91 Å². The average Bonchev–Trinajstić information content (AvgIpc) is 2.63. The molecule has 1 amide bonds. The minimum absolute atomic E-state index is 0.173. The van der Waals surface area contributed by atoms with Crippen LogP contribution in [0.3, 0.4) is 0 Å². The van der Waals surface area contributed by atoms with Crippen LogP contribution < -0.4 is 14.8 Å². The number of methoxy groups -OCH3 is 2. The highest BCUT2D eigenvalue weighted by atomic mass is 16.5. The molecule has 26 heavy (non-hydrogen) atoms. The molecule has 0 saturated carbocycles. The van der Waals surface area contributed by atoms with Crippen LogP contribution >= 0.6 is 0 Å². The summed E-state index contributed by atoms with van der Waals surface area (Å²) in [5, 5.41) is 11.9. The summed E-state index contributed by atoms with van der Waals surface area (Å²) in [6, 6.07) is 12.9. The van der Waals surface area contributed by atoms with E-state index in [-0.39, 0.29) is 12.5 Å². The standard InChI is InChI=1S/C20H23N3O3/c1-14-9-18(25-3)19(26-4)10-16(14)12-23(2)13-20(24)22-17-8-6-5-7-15(17)11-21/h5-10H,12-13H2,1-4H3,(H,22,24). The van der Waals surface area contributed by atoms with Gasteiger partial charge in [0.15, 0.2) is 11.5 Å². The third-order valence-corrected chi connectivity index (χ3v) is 4.02. The highest BCUT2D eigenvalue weighted by Crippen LogP contribution is 2.30. The van der Waals surface area contributed by atoms with Crippen LogP contribution in [0.2, 0.25) is 0 Å². The molecule has 0 spiro atoms. The predicted molar refractivity (Wildman–Crippen MR) is 100 cm³/mol. The highest BCUT2D eigenvalue weighted by molar-refractivity contribution is 5.93. The summed E-state index contributed by atoms with van der Waals surface area (Å²) in [6.45, 7) is 2.78. The lowest BCUT2D eigenvalue weighted by Crippen LogP contribution is -2.30. The highest BCUT2D eigenvalue weighted by Gasteiger charge is 2.13. The van der Waals surface area contributed by atoms with Crippen molar-refractivity contribution in [1.82, 2.24) is 4.90 Å². The van der Waals surface area contributed by atoms with E-state index in [1.54, 1.807) is 38.5 Å². The van der Waals surface area contributed by atoms with E-state index in [9.17, 15) is 4.79 Å². The number of nitriles is 1. The molecule has 0 aliphatic carbocycles. The number of carbonyl (C=O) groups is 1. The van der Waals surface area contributed by atoms with Crippen molar-refractivity contribution in [2.45, 2.75) is 13.5 Å². The molecular formula is C20H23N3O3. The minimum Gasteiger partial charge on any atom is -0.493 e. The van der Waals surface area contributed by atoms with Crippen molar-refractivity contribution in [1.29, 1.82) is 5.26 Å². The van der Waals surface area contributed by atoms with E-state index < -0.39 is 0 Å². The summed E-state index contributed by atoms with van der Waals surface area (Å²) in [4.78, 5) is 14.2. The van der Waals surface area contributed by atoms with Crippen molar-refractivity contribution in [2.75, 3.05) is 33.1 Å². The summed E-state index contributed by atoms with van der Waals surface area (Å²) in [5.74, 6) is 1.17. The smallest absolute Gasteiger partial charge is 0.238 e. The van der Waals surface area contributed by atoms with Gasteiger partial charge in [0, 0.05) is 6.54 Å². The molecule has 2 aromatic carbocycles. The molecule has 0 aromatic heterocycles. The van der Waals surface area contributed by atoms with Crippen LogP contribution in [-0.4, -0.2) is 38.6 Å². The first kappa shape index (κ1) is 19.3. The van der Waals surface area contributed by atoms with E-state index in [2.05, 4.69) is 11.4 Å². The van der Waals surface area contributed by atoms with E-state index in [1.807, 2.05) is 31.0 Å². The number of likely N-dealkylation sites (N-methyl/N-ethyl adjacent to an activating group) is 1. The zero-order chi connectivity index (χ0) is 19.1. The fourth-order valence-electron chi connectivity index (χ4n) is 2.66. The number of hydrogen-bond donors (Lipinski definition) is 1. The fourth-order valence-corrected chi connectivity index (χ4v) is 2.66. The predicted octanol–water partition coefficient (Wildman–Crippen LogP) is 2.95. The second-order valence-corrected chi connectivity index (χ2v) is 6.01. The number of nitrogens with one attached hydrogen (secondary N) is 1. The van der Waals surface area contributed by atoms with Gasteiger partial charge < -0.3 is 14.8 Å². The molecule has 0 radical (unpaired) electrons. The van der Waals surface area contributed by atoms with Gasteiger partial charge in [-0.3, -0.25) is 9.69 Å². The molecular weight excluding hydrogens is 330 g/mol. The van der Waals surface area contributed by atoms with Gasteiger partial charge in [-0.1, -0.05) is 12.1 Å². The second kappa shape index (κ2) is 8.88. The quantitative estimate of drug-likeness (QED) is 0.828. The van der Waals surface area contributed by atoms with Gasteiger partial charge in [0.05, 0.1) is 32.0 Å². The topological polar surface area (TPSA) is 74.6 Å². The number of rotatable bonds is 7. The maximum atomic E-state index is 12.3. The summed E-state index contributed by atoms with van der Waals surface area (Å²) >= 11 is 0. The van der Waals surface area contributed by atoms with Crippen molar-refractivity contribution in [3.63, 3.8) is 0 Å². The fraction of sp³-hybridized carbons (Fsp3) is 0.300. The van der Waals surface area contributed by atoms with Gasteiger partial charge in [-0.2, -0.15) is 5.26 Å². The van der Waals surface area contributed by atoms with Gasteiger partial charge in [-0.05, 0) is 49.4 Å². The molecule has 0 atom stereocenters. The first-order chi connectivity index (χ1) is 12.5. The normalized spacial score (nSPS) is 10.3. The molecule has 0 fully saturated rings. The molecule has 0 aliphatic rings. The van der Waals surface area contributed by atoms with Gasteiger partial charge in [0.1, 0.15) is 6.07 Å². The van der Waals surface area contributed by atoms with Crippen LogP contribution in [0.1, 0.15) is 16.7 Å². The van der Waals surface area contributed by atoms with Crippen LogP contribution in [0, 0.1) is 18.3 Å². The van der Waals surface area contributed by atoms with Crippen molar-refractivity contribution >= 4 is 11.6 Å². The maximum absolute atomic E-state index is 12.3. The summed E-state index contributed by atoms with van der Waals surface area (Å²) in [7, 11) is 5.07. The Kier molecular flexibility index (Phi) is 6.59. The maximum Gasteiger partial charge on any atom is 0.238 e. The Morgan fingerprint density at radius 3 is 2.50 bits per heavy atom. The molecule has 0 bridgehead atoms. The number of amides is 1. The minimum atomic E-state index is -0.173. The third-order valence-electron chi connectivity index (χ3n) is 4.02. The first-order valence-electron chi connectivity index (χ1n) is 8.17. The number of nitrogens with zero attached hydrogens (tertiary/aromatic N) is 2. The lowest BCUT2D eigenvalue weighted by Gasteiger charge is -2.19. The Balaban J connectivity index is 2.03. The Labute approximate surface area is 153 Å². The molecule has 2 rings (SSSR count). The SMILES string of the molecule is COc1cc(C)c(CN(C)CC(=O)Nc2ccccc2C#N)cc1OC. The zero-order valence-corrected chi connectivity index (χ0v) is 15.5. The van der Waals surface area contributed by atoms with Crippen molar-refractivity contribution in [3.05, 3.63) is 53.1 Å². The van der Waals surface area contributed by atoms with Crippen molar-refractivity contribution < 1.29 is 14.3 Å². The molecule has 0 saturated heterocycles. The molecule has 1 N–H and O–H groups in total. The molecule has 6 heteroatoms. The van der Waals surface area contributed by atoms with Crippen LogP contribution in [0.4, 0.5) is 5.69 Å². The van der Waals surface area contributed by atoms with Gasteiger partial charge in [-0.15, -0.1) is 0 Å². The number of anilines is 1. The van der Waals surface area contributed by atoms with Crippen LogP contribution in [0.15, 0.2) is 36.4 Å². The molecule has 0 heterocycles. The number of aryl methyl sites for hydroxylation is 1. The van der Waals surface area contributed by atoms with E-state index in [0.29, 0.717) is 29.3 Å². The number of ether oxygens (including phenoxy) is 2. The van der Waals surface area contributed by atoms with Gasteiger partial charge in [0.25, 0.3) is 0 Å². The summed E-state index contributed by atoms with van der Waals surface area (Å²) < 4.78 is 10.6. The number of carbonyl (C=O) groups excluding carboxylic acids is 1. The van der Waals surface area contributed by atoms with Crippen molar-refractivity contribution in [2.24, 2.45) is 0 Å². The van der Waals surface area contributed by atoms with E-state index in [1.165, 1.54) is 0 Å². The summed E-state index contributed by atoms with van der Waals surface area (Å²) in [5.41, 5.74) is 3.08. The third kappa shape index (κ3) is 4.74. The molecule has 0 aliphatic heterocycles. The van der Waals surface area contributed by atoms with Crippen LogP contribution in [0.25, 0.3) is 0 Å². The Hall–Kier alpha value is -3.04. The second-order valence-electron chi connectivity index (χ2n) is 6.01. The van der Waals surface area contributed by atoms with Gasteiger partial charge >= 0.3 is 0 Å². The van der Waals surface area contributed by atoms with Crippen LogP contribution in [-0.2, 0) is 11.3 Å². The largest absolute Gasteiger partial charge is 0.493 e. The van der Waals surface area contributed by atoms with E-state index in [4.69, 9.17) is 14.7 Å². The summed E-state index contributed by atoms with van der Waals surface area (Å²) in [6.07, 6.45) is 0.